The standard InChI is InChI=1S/C10H12N2O2/c11-9-7(5-12-10(9)14)6-3-1-2-4-8(6)13/h1-4,7,9,13H,5,11H2,(H,12,14). The summed E-state index contributed by atoms with van der Waals surface area (Å²) < 4.78 is 0. The minimum atomic E-state index is -0.553. The van der Waals surface area contributed by atoms with E-state index in [0.717, 1.165) is 5.56 Å². The first-order valence-electron chi connectivity index (χ1n) is 4.51. The smallest absolute Gasteiger partial charge is 0.237 e. The second-order valence-corrected chi connectivity index (χ2v) is 3.44. The highest BCUT2D eigenvalue weighted by Crippen LogP contribution is 2.29. The summed E-state index contributed by atoms with van der Waals surface area (Å²) >= 11 is 0. The first-order chi connectivity index (χ1) is 6.70. The number of nitrogens with one attached hydrogen (secondary N) is 1. The van der Waals surface area contributed by atoms with Gasteiger partial charge in [-0.2, -0.15) is 0 Å². The van der Waals surface area contributed by atoms with Crippen LogP contribution in [0, 0.1) is 0 Å². The molecule has 2 rings (SSSR count). The molecule has 1 amide bonds. The molecular weight excluding hydrogens is 180 g/mol. The second-order valence-electron chi connectivity index (χ2n) is 3.44. The number of phenolic OH excluding ortho intramolecular Hbond substituents is 1. The van der Waals surface area contributed by atoms with Gasteiger partial charge in [0.15, 0.2) is 0 Å². The predicted molar refractivity (Wildman–Crippen MR) is 51.8 cm³/mol. The highest BCUT2D eigenvalue weighted by Gasteiger charge is 2.33. The fourth-order valence-corrected chi connectivity index (χ4v) is 1.74. The number of hydrogen-bond acceptors (Lipinski definition) is 3. The number of carbonyl (C=O) groups excluding carboxylic acids is 1. The van der Waals surface area contributed by atoms with Crippen LogP contribution in [0.2, 0.25) is 0 Å². The van der Waals surface area contributed by atoms with E-state index < -0.39 is 6.04 Å². The molecule has 0 aliphatic carbocycles. The van der Waals surface area contributed by atoms with Gasteiger partial charge < -0.3 is 16.2 Å². The Morgan fingerprint density at radius 2 is 2.14 bits per heavy atom. The largest absolute Gasteiger partial charge is 0.508 e. The lowest BCUT2D eigenvalue weighted by molar-refractivity contribution is -0.120. The second kappa shape index (κ2) is 3.31. The maximum atomic E-state index is 11.2. The SMILES string of the molecule is NC1C(=O)NCC1c1ccccc1O. The highest BCUT2D eigenvalue weighted by atomic mass is 16.3. The van der Waals surface area contributed by atoms with Crippen molar-refractivity contribution in [3.05, 3.63) is 29.8 Å². The van der Waals surface area contributed by atoms with E-state index in [4.69, 9.17) is 5.73 Å². The maximum absolute atomic E-state index is 11.2. The number of hydrogen-bond donors (Lipinski definition) is 3. The Bertz CT molecular complexity index is 365. The Morgan fingerprint density at radius 3 is 2.71 bits per heavy atom. The molecular formula is C10H12N2O2. The van der Waals surface area contributed by atoms with Crippen molar-refractivity contribution in [2.24, 2.45) is 5.73 Å². The number of aromatic hydroxyl groups is 1. The number of rotatable bonds is 1. The molecule has 1 heterocycles. The molecule has 1 fully saturated rings. The van der Waals surface area contributed by atoms with E-state index in [2.05, 4.69) is 5.32 Å². The van der Waals surface area contributed by atoms with Gasteiger partial charge in [0.05, 0.1) is 6.04 Å². The van der Waals surface area contributed by atoms with Gasteiger partial charge >= 0.3 is 0 Å². The van der Waals surface area contributed by atoms with Crippen molar-refractivity contribution in [3.63, 3.8) is 0 Å². The molecule has 1 saturated heterocycles. The van der Waals surface area contributed by atoms with Crippen molar-refractivity contribution in [1.29, 1.82) is 0 Å². The zero-order chi connectivity index (χ0) is 10.1. The summed E-state index contributed by atoms with van der Waals surface area (Å²) in [5.41, 5.74) is 6.43. The summed E-state index contributed by atoms with van der Waals surface area (Å²) in [6.07, 6.45) is 0. The van der Waals surface area contributed by atoms with Crippen LogP contribution in [0.15, 0.2) is 24.3 Å². The minimum Gasteiger partial charge on any atom is -0.508 e. The van der Waals surface area contributed by atoms with Gasteiger partial charge in [-0.25, -0.2) is 0 Å². The van der Waals surface area contributed by atoms with Crippen molar-refractivity contribution < 1.29 is 9.90 Å². The predicted octanol–water partition coefficient (Wildman–Crippen LogP) is -0.0671. The van der Waals surface area contributed by atoms with Crippen molar-refractivity contribution >= 4 is 5.91 Å². The normalized spacial score (nSPS) is 26.2. The lowest BCUT2D eigenvalue weighted by Crippen LogP contribution is -2.33. The lowest BCUT2D eigenvalue weighted by Gasteiger charge is -2.13. The Labute approximate surface area is 81.7 Å². The van der Waals surface area contributed by atoms with Crippen LogP contribution in [-0.2, 0) is 4.79 Å². The van der Waals surface area contributed by atoms with Crippen LogP contribution in [-0.4, -0.2) is 23.6 Å². The number of benzene rings is 1. The lowest BCUT2D eigenvalue weighted by atomic mass is 9.94. The van der Waals surface area contributed by atoms with E-state index in [1.807, 2.05) is 6.07 Å². The highest BCUT2D eigenvalue weighted by molar-refractivity contribution is 5.85. The van der Waals surface area contributed by atoms with Crippen LogP contribution in [0.25, 0.3) is 0 Å². The molecule has 0 spiro atoms. The topological polar surface area (TPSA) is 75.4 Å². The first kappa shape index (κ1) is 9.02. The van der Waals surface area contributed by atoms with Crippen molar-refractivity contribution in [3.8, 4) is 5.75 Å². The van der Waals surface area contributed by atoms with Gasteiger partial charge in [0.1, 0.15) is 5.75 Å². The molecule has 0 bridgehead atoms. The van der Waals surface area contributed by atoms with E-state index in [-0.39, 0.29) is 17.6 Å². The van der Waals surface area contributed by atoms with Gasteiger partial charge in [-0.15, -0.1) is 0 Å². The van der Waals surface area contributed by atoms with Crippen LogP contribution >= 0.6 is 0 Å². The van der Waals surface area contributed by atoms with E-state index >= 15 is 0 Å². The first-order valence-corrected chi connectivity index (χ1v) is 4.51. The van der Waals surface area contributed by atoms with E-state index in [0.29, 0.717) is 6.54 Å². The molecule has 2 atom stereocenters. The monoisotopic (exact) mass is 192 g/mol. The van der Waals surface area contributed by atoms with Crippen molar-refractivity contribution in [1.82, 2.24) is 5.32 Å². The third kappa shape index (κ3) is 1.33. The van der Waals surface area contributed by atoms with Crippen molar-refractivity contribution in [2.45, 2.75) is 12.0 Å². The van der Waals surface area contributed by atoms with Crippen molar-refractivity contribution in [2.75, 3.05) is 6.54 Å². The van der Waals surface area contributed by atoms with Gasteiger partial charge in [0.2, 0.25) is 5.91 Å². The molecule has 1 aliphatic rings. The average molecular weight is 192 g/mol. The van der Waals surface area contributed by atoms with E-state index in [1.165, 1.54) is 0 Å². The van der Waals surface area contributed by atoms with Gasteiger partial charge in [0, 0.05) is 18.0 Å². The molecule has 0 radical (unpaired) electrons. The molecule has 4 heteroatoms. The Morgan fingerprint density at radius 1 is 1.43 bits per heavy atom. The molecule has 74 valence electrons. The van der Waals surface area contributed by atoms with Gasteiger partial charge in [-0.3, -0.25) is 4.79 Å². The minimum absolute atomic E-state index is 0.122. The number of carbonyl (C=O) groups is 1. The van der Waals surface area contributed by atoms with E-state index in [9.17, 15) is 9.90 Å². The van der Waals surface area contributed by atoms with E-state index in [1.54, 1.807) is 18.2 Å². The summed E-state index contributed by atoms with van der Waals surface area (Å²) in [5, 5.41) is 12.3. The molecule has 0 saturated carbocycles. The molecule has 1 aromatic carbocycles. The maximum Gasteiger partial charge on any atom is 0.237 e. The summed E-state index contributed by atoms with van der Waals surface area (Å²) in [5.74, 6) is -0.0774. The third-order valence-electron chi connectivity index (χ3n) is 2.57. The number of phenols is 1. The number of para-hydroxylation sites is 1. The zero-order valence-corrected chi connectivity index (χ0v) is 7.60. The summed E-state index contributed by atoms with van der Waals surface area (Å²) in [7, 11) is 0. The Kier molecular flexibility index (Phi) is 2.13. The van der Waals surface area contributed by atoms with Crippen LogP contribution in [0.3, 0.4) is 0 Å². The van der Waals surface area contributed by atoms with Gasteiger partial charge in [-0.05, 0) is 6.07 Å². The van der Waals surface area contributed by atoms with Crippen LogP contribution in [0.4, 0.5) is 0 Å². The summed E-state index contributed by atoms with van der Waals surface area (Å²) in [6, 6.07) is 6.41. The molecule has 4 N–H and O–H groups in total. The van der Waals surface area contributed by atoms with Gasteiger partial charge in [-0.1, -0.05) is 18.2 Å². The fraction of sp³-hybridized carbons (Fsp3) is 0.300. The van der Waals surface area contributed by atoms with Crippen LogP contribution in [0.5, 0.6) is 5.75 Å². The van der Waals surface area contributed by atoms with Crippen LogP contribution in [0.1, 0.15) is 11.5 Å². The quantitative estimate of drug-likeness (QED) is 0.583. The Hall–Kier alpha value is -1.55. The molecule has 1 aliphatic heterocycles. The zero-order valence-electron chi connectivity index (χ0n) is 7.60. The summed E-state index contributed by atoms with van der Waals surface area (Å²) in [4.78, 5) is 11.2. The Balaban J connectivity index is 2.32. The number of amides is 1. The molecule has 1 aromatic rings. The molecule has 0 aromatic heterocycles. The molecule has 4 nitrogen and oxygen atoms in total. The average Bonchev–Trinajstić information content (AvgIpc) is 2.49. The third-order valence-corrected chi connectivity index (χ3v) is 2.57. The summed E-state index contributed by atoms with van der Waals surface area (Å²) in [6.45, 7) is 0.498. The molecule has 2 unspecified atom stereocenters. The van der Waals surface area contributed by atoms with Gasteiger partial charge in [0.25, 0.3) is 0 Å². The fourth-order valence-electron chi connectivity index (χ4n) is 1.74. The molecule has 14 heavy (non-hydrogen) atoms. The van der Waals surface area contributed by atoms with Crippen LogP contribution < -0.4 is 11.1 Å². The number of nitrogens with two attached hydrogens (primary N) is 1.